The summed E-state index contributed by atoms with van der Waals surface area (Å²) in [6.45, 7) is 5.38. The molecule has 1 N–H and O–H groups in total. The fourth-order valence-electron chi connectivity index (χ4n) is 2.79. The summed E-state index contributed by atoms with van der Waals surface area (Å²) < 4.78 is 1.52. The fraction of sp³-hybridized carbons (Fsp3) is 0.375. The number of nitrogens with zero attached hydrogens (tertiary/aromatic N) is 4. The molecule has 0 unspecified atom stereocenters. The first-order valence-corrected chi connectivity index (χ1v) is 7.74. The largest absolute Gasteiger partial charge is 0.342 e. The quantitative estimate of drug-likeness (QED) is 0.921. The Kier molecular flexibility index (Phi) is 4.10. The van der Waals surface area contributed by atoms with Gasteiger partial charge >= 0.3 is 0 Å². The van der Waals surface area contributed by atoms with Crippen molar-refractivity contribution >= 4 is 11.8 Å². The molecule has 0 saturated heterocycles. The molecule has 7 heteroatoms. The molecule has 0 saturated carbocycles. The minimum Gasteiger partial charge on any atom is -0.342 e. The Morgan fingerprint density at radius 1 is 1.30 bits per heavy atom. The SMILES string of the molecule is CCN(CC)C(=O)c1nnn2c1C(=O)N[C@@H](c1ccccc1)C2. The van der Waals surface area contributed by atoms with Gasteiger partial charge in [-0.1, -0.05) is 35.5 Å². The van der Waals surface area contributed by atoms with Crippen LogP contribution >= 0.6 is 0 Å². The van der Waals surface area contributed by atoms with E-state index >= 15 is 0 Å². The Hall–Kier alpha value is -2.70. The first-order chi connectivity index (χ1) is 11.2. The maximum atomic E-state index is 12.5. The first kappa shape index (κ1) is 15.2. The van der Waals surface area contributed by atoms with Crippen molar-refractivity contribution in [1.29, 1.82) is 0 Å². The van der Waals surface area contributed by atoms with Crippen LogP contribution in [0.1, 0.15) is 46.4 Å². The maximum absolute atomic E-state index is 12.5. The summed E-state index contributed by atoms with van der Waals surface area (Å²) in [6.07, 6.45) is 0. The van der Waals surface area contributed by atoms with Gasteiger partial charge in [0, 0.05) is 13.1 Å². The zero-order valence-electron chi connectivity index (χ0n) is 13.2. The lowest BCUT2D eigenvalue weighted by Gasteiger charge is -2.25. The molecule has 1 aliphatic heterocycles. The van der Waals surface area contributed by atoms with E-state index in [0.29, 0.717) is 19.6 Å². The molecule has 3 rings (SSSR count). The molecule has 7 nitrogen and oxygen atoms in total. The van der Waals surface area contributed by atoms with Gasteiger partial charge in [-0.05, 0) is 19.4 Å². The van der Waals surface area contributed by atoms with Gasteiger partial charge in [-0.3, -0.25) is 9.59 Å². The van der Waals surface area contributed by atoms with E-state index in [2.05, 4.69) is 15.6 Å². The molecule has 2 amide bonds. The van der Waals surface area contributed by atoms with E-state index in [0.717, 1.165) is 5.56 Å². The van der Waals surface area contributed by atoms with Crippen LogP contribution in [0.3, 0.4) is 0 Å². The highest BCUT2D eigenvalue weighted by Gasteiger charge is 2.33. The molecule has 1 atom stereocenters. The van der Waals surface area contributed by atoms with Crippen molar-refractivity contribution in [3.05, 3.63) is 47.3 Å². The lowest BCUT2D eigenvalue weighted by atomic mass is 10.0. The number of amides is 2. The molecule has 0 aliphatic carbocycles. The summed E-state index contributed by atoms with van der Waals surface area (Å²) in [5, 5.41) is 10.9. The minimum absolute atomic E-state index is 0.123. The molecular weight excluding hydrogens is 294 g/mol. The van der Waals surface area contributed by atoms with E-state index in [-0.39, 0.29) is 29.2 Å². The average molecular weight is 313 g/mol. The molecular formula is C16H19N5O2. The van der Waals surface area contributed by atoms with Crippen molar-refractivity contribution in [2.45, 2.75) is 26.4 Å². The van der Waals surface area contributed by atoms with Crippen molar-refractivity contribution in [2.75, 3.05) is 13.1 Å². The van der Waals surface area contributed by atoms with Gasteiger partial charge in [-0.15, -0.1) is 5.10 Å². The van der Waals surface area contributed by atoms with Gasteiger partial charge in [0.15, 0.2) is 11.4 Å². The zero-order chi connectivity index (χ0) is 16.4. The van der Waals surface area contributed by atoms with Gasteiger partial charge in [0.1, 0.15) is 0 Å². The Balaban J connectivity index is 1.91. The smallest absolute Gasteiger partial charge is 0.276 e. The fourth-order valence-corrected chi connectivity index (χ4v) is 2.79. The molecule has 0 spiro atoms. The normalized spacial score (nSPS) is 16.6. The maximum Gasteiger partial charge on any atom is 0.276 e. The molecule has 1 aromatic carbocycles. The molecule has 0 fully saturated rings. The third-order valence-corrected chi connectivity index (χ3v) is 4.07. The topological polar surface area (TPSA) is 80.1 Å². The second-order valence-corrected chi connectivity index (χ2v) is 5.38. The predicted octanol–water partition coefficient (Wildman–Crippen LogP) is 1.24. The molecule has 2 aromatic rings. The summed E-state index contributed by atoms with van der Waals surface area (Å²) in [5.74, 6) is -0.574. The number of carbonyl (C=O) groups excluding carboxylic acids is 2. The van der Waals surface area contributed by atoms with Gasteiger partial charge in [0.25, 0.3) is 11.8 Å². The molecule has 0 radical (unpaired) electrons. The monoisotopic (exact) mass is 313 g/mol. The van der Waals surface area contributed by atoms with Crippen molar-refractivity contribution in [1.82, 2.24) is 25.2 Å². The highest BCUT2D eigenvalue weighted by molar-refractivity contribution is 6.05. The lowest BCUT2D eigenvalue weighted by Crippen LogP contribution is -2.40. The molecule has 23 heavy (non-hydrogen) atoms. The number of aromatic nitrogens is 3. The van der Waals surface area contributed by atoms with Crippen LogP contribution in [0.4, 0.5) is 0 Å². The van der Waals surface area contributed by atoms with E-state index in [9.17, 15) is 9.59 Å². The Labute approximate surface area is 134 Å². The van der Waals surface area contributed by atoms with E-state index in [4.69, 9.17) is 0 Å². The van der Waals surface area contributed by atoms with Gasteiger partial charge in [-0.2, -0.15) is 0 Å². The number of benzene rings is 1. The van der Waals surface area contributed by atoms with E-state index in [1.54, 1.807) is 4.90 Å². The van der Waals surface area contributed by atoms with Crippen molar-refractivity contribution in [3.63, 3.8) is 0 Å². The number of carbonyl (C=O) groups is 2. The Morgan fingerprint density at radius 2 is 2.00 bits per heavy atom. The second kappa shape index (κ2) is 6.20. The van der Waals surface area contributed by atoms with E-state index in [1.165, 1.54) is 4.68 Å². The van der Waals surface area contributed by atoms with Gasteiger partial charge < -0.3 is 10.2 Å². The third kappa shape index (κ3) is 2.69. The number of nitrogens with one attached hydrogen (secondary N) is 1. The van der Waals surface area contributed by atoms with Crippen LogP contribution in [0, 0.1) is 0 Å². The Morgan fingerprint density at radius 3 is 2.65 bits per heavy atom. The van der Waals surface area contributed by atoms with Crippen LogP contribution < -0.4 is 5.32 Å². The van der Waals surface area contributed by atoms with Crippen LogP contribution in [0.25, 0.3) is 0 Å². The van der Waals surface area contributed by atoms with Crippen LogP contribution in [-0.2, 0) is 6.54 Å². The number of hydrogen-bond donors (Lipinski definition) is 1. The first-order valence-electron chi connectivity index (χ1n) is 7.74. The van der Waals surface area contributed by atoms with E-state index < -0.39 is 0 Å². The lowest BCUT2D eigenvalue weighted by molar-refractivity contribution is 0.0756. The standard InChI is InChI=1S/C16H19N5O2/c1-3-20(4-2)16(23)13-14-15(22)17-12(10-21(14)19-18-13)11-8-6-5-7-9-11/h5-9,12H,3-4,10H2,1-2H3,(H,17,22)/t12-/m1/s1. The predicted molar refractivity (Wildman–Crippen MR) is 83.9 cm³/mol. The summed E-state index contributed by atoms with van der Waals surface area (Å²) in [4.78, 5) is 26.6. The molecule has 0 bridgehead atoms. The second-order valence-electron chi connectivity index (χ2n) is 5.38. The zero-order valence-corrected chi connectivity index (χ0v) is 13.2. The molecule has 120 valence electrons. The highest BCUT2D eigenvalue weighted by Crippen LogP contribution is 2.22. The van der Waals surface area contributed by atoms with Crippen LogP contribution in [0.15, 0.2) is 30.3 Å². The van der Waals surface area contributed by atoms with Crippen molar-refractivity contribution in [2.24, 2.45) is 0 Å². The molecule has 1 aromatic heterocycles. The van der Waals surface area contributed by atoms with Gasteiger partial charge in [0.2, 0.25) is 0 Å². The van der Waals surface area contributed by atoms with Crippen LogP contribution in [0.2, 0.25) is 0 Å². The van der Waals surface area contributed by atoms with Gasteiger partial charge in [0.05, 0.1) is 12.6 Å². The third-order valence-electron chi connectivity index (χ3n) is 4.07. The summed E-state index contributed by atoms with van der Waals surface area (Å²) in [6, 6.07) is 9.51. The summed E-state index contributed by atoms with van der Waals surface area (Å²) in [7, 11) is 0. The summed E-state index contributed by atoms with van der Waals surface area (Å²) in [5.41, 5.74) is 1.37. The summed E-state index contributed by atoms with van der Waals surface area (Å²) >= 11 is 0. The number of fused-ring (bicyclic) bond motifs is 1. The highest BCUT2D eigenvalue weighted by atomic mass is 16.2. The van der Waals surface area contributed by atoms with Crippen LogP contribution in [-0.4, -0.2) is 44.8 Å². The van der Waals surface area contributed by atoms with Crippen LogP contribution in [0.5, 0.6) is 0 Å². The van der Waals surface area contributed by atoms with E-state index in [1.807, 2.05) is 44.2 Å². The van der Waals surface area contributed by atoms with Crippen molar-refractivity contribution < 1.29 is 9.59 Å². The minimum atomic E-state index is -0.314. The molecule has 2 heterocycles. The Bertz CT molecular complexity index is 721. The number of hydrogen-bond acceptors (Lipinski definition) is 4. The average Bonchev–Trinajstić information content (AvgIpc) is 3.01. The van der Waals surface area contributed by atoms with Gasteiger partial charge in [-0.25, -0.2) is 4.68 Å². The van der Waals surface area contributed by atoms with Crippen molar-refractivity contribution in [3.8, 4) is 0 Å². The number of rotatable bonds is 4. The molecule has 1 aliphatic rings.